The molecule has 6 heteroatoms. The van der Waals surface area contributed by atoms with Gasteiger partial charge in [-0.3, -0.25) is 14.2 Å². The van der Waals surface area contributed by atoms with E-state index in [-0.39, 0.29) is 12.0 Å². The predicted octanol–water partition coefficient (Wildman–Crippen LogP) is 5.16. The van der Waals surface area contributed by atoms with E-state index in [2.05, 4.69) is 6.07 Å². The fourth-order valence-corrected chi connectivity index (χ4v) is 4.32. The van der Waals surface area contributed by atoms with Crippen molar-refractivity contribution in [1.82, 2.24) is 4.57 Å². The summed E-state index contributed by atoms with van der Waals surface area (Å²) in [4.78, 5) is 24.9. The van der Waals surface area contributed by atoms with Crippen LogP contribution in [0.5, 0.6) is 5.75 Å². The van der Waals surface area contributed by atoms with Crippen LogP contribution in [0.25, 0.3) is 16.8 Å². The van der Waals surface area contributed by atoms with E-state index in [4.69, 9.17) is 9.84 Å². The normalized spacial score (nSPS) is 12.8. The Morgan fingerprint density at radius 1 is 1.09 bits per heavy atom. The van der Waals surface area contributed by atoms with Gasteiger partial charge in [0.05, 0.1) is 18.6 Å². The summed E-state index contributed by atoms with van der Waals surface area (Å²) in [6.07, 6.45) is 1.69. The van der Waals surface area contributed by atoms with Crippen molar-refractivity contribution >= 4 is 5.97 Å². The van der Waals surface area contributed by atoms with Gasteiger partial charge in [-0.25, -0.2) is 0 Å². The van der Waals surface area contributed by atoms with Gasteiger partial charge >= 0.3 is 5.97 Å². The van der Waals surface area contributed by atoms with Gasteiger partial charge in [0.2, 0.25) is 0 Å². The second kappa shape index (κ2) is 10.5. The number of benzene rings is 2. The summed E-state index contributed by atoms with van der Waals surface area (Å²) in [6.45, 7) is 11.5. The molecule has 2 N–H and O–H groups in total. The minimum Gasteiger partial charge on any atom is -0.493 e. The minimum atomic E-state index is -0.951. The number of carbonyl (C=O) groups is 1. The number of rotatable bonds is 4. The molecular weight excluding hydrogens is 442 g/mol. The summed E-state index contributed by atoms with van der Waals surface area (Å²) in [5, 5.41) is 18.1. The summed E-state index contributed by atoms with van der Waals surface area (Å²) < 4.78 is 7.43. The fourth-order valence-electron chi connectivity index (χ4n) is 4.32. The van der Waals surface area contributed by atoms with Gasteiger partial charge < -0.3 is 14.9 Å². The van der Waals surface area contributed by atoms with E-state index in [1.54, 1.807) is 32.3 Å². The summed E-state index contributed by atoms with van der Waals surface area (Å²) >= 11 is 0. The largest absolute Gasteiger partial charge is 0.493 e. The van der Waals surface area contributed by atoms with Crippen LogP contribution in [0.15, 0.2) is 47.3 Å². The number of pyridine rings is 1. The Bertz CT molecular complexity index is 1290. The lowest BCUT2D eigenvalue weighted by Crippen LogP contribution is -2.26. The molecule has 4 rings (SSSR count). The van der Waals surface area contributed by atoms with Crippen LogP contribution in [0.3, 0.4) is 0 Å². The Kier molecular flexibility index (Phi) is 7.86. The summed E-state index contributed by atoms with van der Waals surface area (Å²) in [5.74, 6) is -0.0704. The van der Waals surface area contributed by atoms with Crippen LogP contribution in [0.2, 0.25) is 0 Å². The van der Waals surface area contributed by atoms with Crippen LogP contribution >= 0.6 is 0 Å². The molecular formula is C29H35NO5. The van der Waals surface area contributed by atoms with Crippen molar-refractivity contribution in [2.75, 3.05) is 6.61 Å². The topological polar surface area (TPSA) is 88.8 Å². The maximum absolute atomic E-state index is 13.3. The van der Waals surface area contributed by atoms with Crippen LogP contribution in [-0.4, -0.2) is 33.0 Å². The zero-order valence-corrected chi connectivity index (χ0v) is 21.4. The van der Waals surface area contributed by atoms with Gasteiger partial charge in [0.25, 0.3) is 5.56 Å². The Morgan fingerprint density at radius 2 is 1.77 bits per heavy atom. The van der Waals surface area contributed by atoms with Gasteiger partial charge in [-0.05, 0) is 101 Å². The number of carboxylic acids is 1. The summed E-state index contributed by atoms with van der Waals surface area (Å²) in [5.41, 5.74) is 5.78. The van der Waals surface area contributed by atoms with Gasteiger partial charge in [0.15, 0.2) is 0 Å². The van der Waals surface area contributed by atoms with Crippen LogP contribution in [0.4, 0.5) is 0 Å². The number of carboxylic acid groups (broad SMARTS) is 1. The highest BCUT2D eigenvalue weighted by atomic mass is 16.5. The molecule has 2 heterocycles. The van der Waals surface area contributed by atoms with E-state index in [0.717, 1.165) is 52.2 Å². The number of aliphatic carboxylic acids is 1. The lowest BCUT2D eigenvalue weighted by molar-refractivity contribution is -0.136. The second-order valence-electron chi connectivity index (χ2n) is 10.1. The number of hydrogen-bond acceptors (Lipinski definition) is 4. The second-order valence-corrected chi connectivity index (χ2v) is 10.1. The lowest BCUT2D eigenvalue weighted by atomic mass is 9.91. The molecule has 0 saturated carbocycles. The molecule has 186 valence electrons. The van der Waals surface area contributed by atoms with E-state index in [0.29, 0.717) is 17.7 Å². The molecule has 0 spiro atoms. The standard InChI is InChI=1S/C25H25NO4.C4H10O/c1-15-6-4-8-20(12-15)26-17(3)24(21(14-23(27)28)16(2)25(26)29)19-9-10-22-18(13-19)7-5-11-30-22;1-4(2,3)5/h4,6,8-10,12-13H,5,7,11,14H2,1-3H3,(H,27,28);5H,1-3H3. The van der Waals surface area contributed by atoms with Crippen molar-refractivity contribution in [3.63, 3.8) is 0 Å². The van der Waals surface area contributed by atoms with E-state index in [1.165, 1.54) is 0 Å². The zero-order valence-electron chi connectivity index (χ0n) is 21.4. The smallest absolute Gasteiger partial charge is 0.307 e. The zero-order chi connectivity index (χ0) is 25.9. The third-order valence-corrected chi connectivity index (χ3v) is 5.76. The number of aliphatic hydroxyl groups is 1. The molecule has 1 aliphatic heterocycles. The van der Waals surface area contributed by atoms with Gasteiger partial charge in [0.1, 0.15) is 5.75 Å². The van der Waals surface area contributed by atoms with Crippen LogP contribution < -0.4 is 10.3 Å². The molecule has 0 amide bonds. The Labute approximate surface area is 206 Å². The maximum atomic E-state index is 13.3. The van der Waals surface area contributed by atoms with Crippen LogP contribution in [-0.2, 0) is 17.6 Å². The first-order valence-corrected chi connectivity index (χ1v) is 11.9. The molecule has 3 aromatic rings. The van der Waals surface area contributed by atoms with E-state index in [1.807, 2.05) is 50.2 Å². The quantitative estimate of drug-likeness (QED) is 0.542. The van der Waals surface area contributed by atoms with Crippen LogP contribution in [0, 0.1) is 20.8 Å². The van der Waals surface area contributed by atoms with Crippen molar-refractivity contribution in [3.05, 3.63) is 80.8 Å². The predicted molar refractivity (Wildman–Crippen MR) is 139 cm³/mol. The van der Waals surface area contributed by atoms with E-state index in [9.17, 15) is 14.7 Å². The lowest BCUT2D eigenvalue weighted by Gasteiger charge is -2.22. The van der Waals surface area contributed by atoms with E-state index >= 15 is 0 Å². The number of fused-ring (bicyclic) bond motifs is 1. The first-order valence-electron chi connectivity index (χ1n) is 11.9. The first kappa shape index (κ1) is 26.2. The minimum absolute atomic E-state index is 0.181. The number of aryl methyl sites for hydroxylation is 2. The highest BCUT2D eigenvalue weighted by Crippen LogP contribution is 2.35. The van der Waals surface area contributed by atoms with Gasteiger partial charge in [0, 0.05) is 22.5 Å². The third-order valence-electron chi connectivity index (χ3n) is 5.76. The van der Waals surface area contributed by atoms with Gasteiger partial charge in [-0.15, -0.1) is 0 Å². The fraction of sp³-hybridized carbons (Fsp3) is 0.379. The van der Waals surface area contributed by atoms with Gasteiger partial charge in [-0.1, -0.05) is 18.2 Å². The SMILES string of the molecule is CC(C)(C)O.Cc1cccc(-n2c(C)c(-c3ccc4c(c3)CCCO4)c(CC(=O)O)c(C)c2=O)c1. The average molecular weight is 478 g/mol. The molecule has 2 aromatic carbocycles. The Morgan fingerprint density at radius 3 is 2.40 bits per heavy atom. The summed E-state index contributed by atoms with van der Waals surface area (Å²) in [7, 11) is 0. The third kappa shape index (κ3) is 6.40. The molecule has 0 aliphatic carbocycles. The molecule has 0 radical (unpaired) electrons. The van der Waals surface area contributed by atoms with Crippen molar-refractivity contribution in [3.8, 4) is 22.6 Å². The van der Waals surface area contributed by atoms with E-state index < -0.39 is 11.6 Å². The van der Waals surface area contributed by atoms with Crippen molar-refractivity contribution in [2.24, 2.45) is 0 Å². The Balaban J connectivity index is 0.000000623. The molecule has 0 saturated heterocycles. The van der Waals surface area contributed by atoms with Crippen LogP contribution in [0.1, 0.15) is 55.1 Å². The molecule has 6 nitrogen and oxygen atoms in total. The average Bonchev–Trinajstić information content (AvgIpc) is 2.76. The molecule has 0 atom stereocenters. The van der Waals surface area contributed by atoms with Crippen molar-refractivity contribution in [2.45, 2.75) is 66.4 Å². The molecule has 1 aromatic heterocycles. The molecule has 35 heavy (non-hydrogen) atoms. The molecule has 1 aliphatic rings. The number of hydrogen-bond donors (Lipinski definition) is 2. The highest BCUT2D eigenvalue weighted by molar-refractivity contribution is 5.79. The molecule has 0 bridgehead atoms. The summed E-state index contributed by atoms with van der Waals surface area (Å²) in [6, 6.07) is 13.8. The van der Waals surface area contributed by atoms with Crippen molar-refractivity contribution < 1.29 is 19.7 Å². The number of aromatic nitrogens is 1. The highest BCUT2D eigenvalue weighted by Gasteiger charge is 2.22. The van der Waals surface area contributed by atoms with Crippen molar-refractivity contribution in [1.29, 1.82) is 0 Å². The number of nitrogens with zero attached hydrogens (tertiary/aromatic N) is 1. The molecule has 0 fully saturated rings. The first-order chi connectivity index (χ1) is 16.4. The molecule has 0 unspecified atom stereocenters. The maximum Gasteiger partial charge on any atom is 0.307 e. The van der Waals surface area contributed by atoms with Gasteiger partial charge in [-0.2, -0.15) is 0 Å². The number of ether oxygens (including phenoxy) is 1. The Hall–Kier alpha value is -3.38. The monoisotopic (exact) mass is 477 g/mol.